The molecule has 1 aliphatic heterocycles. The van der Waals surface area contributed by atoms with Gasteiger partial charge in [-0.3, -0.25) is 9.59 Å². The number of rotatable bonds is 5. The van der Waals surface area contributed by atoms with Crippen LogP contribution < -0.4 is 0 Å². The maximum absolute atomic E-state index is 12.5. The second kappa shape index (κ2) is 8.97. The van der Waals surface area contributed by atoms with Gasteiger partial charge < -0.3 is 14.4 Å². The van der Waals surface area contributed by atoms with Crippen molar-refractivity contribution in [2.75, 3.05) is 26.8 Å². The number of methoxy groups -OCH3 is 1. The number of nitrogens with zero attached hydrogens (tertiary/aromatic N) is 2. The monoisotopic (exact) mass is 402 g/mol. The number of carbonyl (C=O) groups is 3. The fraction of sp³-hybridized carbons (Fsp3) is 0.400. The maximum Gasteiger partial charge on any atom is 0.351 e. The third kappa shape index (κ3) is 4.56. The SMILES string of the molecule is COC(=O)C1CCN(C(=O)COC(=O)c2sc(C)nc2-c2ccccc2)CC1. The zero-order chi connectivity index (χ0) is 20.1. The normalized spacial score (nSPS) is 14.6. The Kier molecular flexibility index (Phi) is 6.41. The zero-order valence-corrected chi connectivity index (χ0v) is 16.7. The molecule has 0 saturated carbocycles. The number of hydrogen-bond donors (Lipinski definition) is 0. The molecule has 7 nitrogen and oxygen atoms in total. The molecule has 8 heteroatoms. The van der Waals surface area contributed by atoms with E-state index in [1.165, 1.54) is 18.4 Å². The van der Waals surface area contributed by atoms with Crippen LogP contribution in [0.2, 0.25) is 0 Å². The molecule has 0 unspecified atom stereocenters. The fourth-order valence-electron chi connectivity index (χ4n) is 3.17. The molecule has 1 amide bonds. The number of likely N-dealkylation sites (tertiary alicyclic amines) is 1. The number of esters is 2. The lowest BCUT2D eigenvalue weighted by Crippen LogP contribution is -2.42. The van der Waals surface area contributed by atoms with Crippen molar-refractivity contribution in [1.82, 2.24) is 9.88 Å². The first-order valence-electron chi connectivity index (χ1n) is 9.05. The third-order valence-electron chi connectivity index (χ3n) is 4.68. The Morgan fingerprint density at radius 3 is 2.50 bits per heavy atom. The molecule has 1 aromatic carbocycles. The van der Waals surface area contributed by atoms with E-state index in [2.05, 4.69) is 4.98 Å². The van der Waals surface area contributed by atoms with Crippen molar-refractivity contribution in [1.29, 1.82) is 0 Å². The molecular formula is C20H22N2O5S. The molecule has 28 heavy (non-hydrogen) atoms. The van der Waals surface area contributed by atoms with E-state index in [-0.39, 0.29) is 24.4 Å². The lowest BCUT2D eigenvalue weighted by Gasteiger charge is -2.30. The van der Waals surface area contributed by atoms with Crippen molar-refractivity contribution in [2.45, 2.75) is 19.8 Å². The van der Waals surface area contributed by atoms with Crippen molar-refractivity contribution >= 4 is 29.2 Å². The summed E-state index contributed by atoms with van der Waals surface area (Å²) in [6.45, 7) is 2.40. The largest absolute Gasteiger partial charge is 0.469 e. The number of ether oxygens (including phenoxy) is 2. The van der Waals surface area contributed by atoms with E-state index >= 15 is 0 Å². The molecule has 3 rings (SSSR count). The first kappa shape index (κ1) is 20.0. The van der Waals surface area contributed by atoms with Crippen molar-refractivity contribution in [3.05, 3.63) is 40.2 Å². The summed E-state index contributed by atoms with van der Waals surface area (Å²) >= 11 is 1.25. The van der Waals surface area contributed by atoms with Gasteiger partial charge in [-0.15, -0.1) is 11.3 Å². The zero-order valence-electron chi connectivity index (χ0n) is 15.8. The Balaban J connectivity index is 1.58. The molecule has 2 aromatic rings. The van der Waals surface area contributed by atoms with Crippen molar-refractivity contribution in [3.8, 4) is 11.3 Å². The lowest BCUT2D eigenvalue weighted by molar-refractivity contribution is -0.149. The number of carbonyl (C=O) groups excluding carboxylic acids is 3. The second-order valence-corrected chi connectivity index (χ2v) is 7.73. The minimum absolute atomic E-state index is 0.176. The molecule has 2 heterocycles. The lowest BCUT2D eigenvalue weighted by atomic mass is 9.97. The molecule has 0 N–H and O–H groups in total. The summed E-state index contributed by atoms with van der Waals surface area (Å²) in [5.74, 6) is -1.24. The molecule has 1 aromatic heterocycles. The van der Waals surface area contributed by atoms with E-state index < -0.39 is 5.97 Å². The highest BCUT2D eigenvalue weighted by molar-refractivity contribution is 7.14. The first-order chi connectivity index (χ1) is 13.5. The van der Waals surface area contributed by atoms with Gasteiger partial charge in [0.2, 0.25) is 0 Å². The number of piperidine rings is 1. The molecule has 0 spiro atoms. The van der Waals surface area contributed by atoms with Gasteiger partial charge >= 0.3 is 11.9 Å². The van der Waals surface area contributed by atoms with E-state index in [0.717, 1.165) is 10.6 Å². The Labute approximate surface area is 167 Å². The van der Waals surface area contributed by atoms with E-state index in [0.29, 0.717) is 36.5 Å². The number of benzene rings is 1. The predicted octanol–water partition coefficient (Wildman–Crippen LogP) is 2.69. The minimum atomic E-state index is -0.553. The van der Waals surface area contributed by atoms with Gasteiger partial charge in [-0.05, 0) is 19.8 Å². The summed E-state index contributed by atoms with van der Waals surface area (Å²) in [7, 11) is 1.37. The van der Waals surface area contributed by atoms with E-state index in [1.54, 1.807) is 4.90 Å². The van der Waals surface area contributed by atoms with Gasteiger partial charge in [0.1, 0.15) is 4.88 Å². The summed E-state index contributed by atoms with van der Waals surface area (Å²) in [5, 5.41) is 0.752. The summed E-state index contributed by atoms with van der Waals surface area (Å²) in [6, 6.07) is 9.40. The molecule has 0 aliphatic carbocycles. The maximum atomic E-state index is 12.5. The third-order valence-corrected chi connectivity index (χ3v) is 5.63. The van der Waals surface area contributed by atoms with Crippen LogP contribution in [0.15, 0.2) is 30.3 Å². The Morgan fingerprint density at radius 1 is 1.18 bits per heavy atom. The highest BCUT2D eigenvalue weighted by Crippen LogP contribution is 2.28. The van der Waals surface area contributed by atoms with Crippen LogP contribution in [0.1, 0.15) is 27.5 Å². The molecule has 0 atom stereocenters. The van der Waals surface area contributed by atoms with Crippen molar-refractivity contribution in [3.63, 3.8) is 0 Å². The van der Waals surface area contributed by atoms with Gasteiger partial charge in [-0.1, -0.05) is 30.3 Å². The van der Waals surface area contributed by atoms with Gasteiger partial charge in [0.25, 0.3) is 5.91 Å². The van der Waals surface area contributed by atoms with Crippen LogP contribution in [0, 0.1) is 12.8 Å². The molecule has 0 radical (unpaired) electrons. The standard InChI is InChI=1S/C20H22N2O5S/c1-13-21-17(14-6-4-3-5-7-14)18(28-13)20(25)27-12-16(23)22-10-8-15(9-11-22)19(24)26-2/h3-7,15H,8-12H2,1-2H3. The number of thiazole rings is 1. The Bertz CT molecular complexity index is 857. The van der Waals surface area contributed by atoms with Gasteiger partial charge in [0.05, 0.1) is 23.7 Å². The van der Waals surface area contributed by atoms with E-state index in [1.807, 2.05) is 37.3 Å². The van der Waals surface area contributed by atoms with Crippen LogP contribution in [0.4, 0.5) is 0 Å². The van der Waals surface area contributed by atoms with Crippen LogP contribution >= 0.6 is 11.3 Å². The highest BCUT2D eigenvalue weighted by Gasteiger charge is 2.28. The summed E-state index contributed by atoms with van der Waals surface area (Å²) < 4.78 is 10.0. The molecule has 148 valence electrons. The van der Waals surface area contributed by atoms with Crippen molar-refractivity contribution in [2.24, 2.45) is 5.92 Å². The molecule has 0 bridgehead atoms. The fourth-order valence-corrected chi connectivity index (χ4v) is 4.01. The molecular weight excluding hydrogens is 380 g/mol. The van der Waals surface area contributed by atoms with Gasteiger partial charge in [-0.25, -0.2) is 9.78 Å². The van der Waals surface area contributed by atoms with E-state index in [4.69, 9.17) is 9.47 Å². The minimum Gasteiger partial charge on any atom is -0.469 e. The average molecular weight is 402 g/mol. The number of aromatic nitrogens is 1. The van der Waals surface area contributed by atoms with Crippen LogP contribution in [0.5, 0.6) is 0 Å². The molecule has 1 saturated heterocycles. The number of aryl methyl sites for hydroxylation is 1. The smallest absolute Gasteiger partial charge is 0.351 e. The molecule has 1 fully saturated rings. The summed E-state index contributed by atoms with van der Waals surface area (Å²) in [4.78, 5) is 42.9. The van der Waals surface area contributed by atoms with Crippen LogP contribution in [0.25, 0.3) is 11.3 Å². The van der Waals surface area contributed by atoms with Crippen LogP contribution in [-0.4, -0.2) is 54.5 Å². The molecule has 1 aliphatic rings. The van der Waals surface area contributed by atoms with Crippen molar-refractivity contribution < 1.29 is 23.9 Å². The Hall–Kier alpha value is -2.74. The second-order valence-electron chi connectivity index (χ2n) is 6.53. The highest BCUT2D eigenvalue weighted by atomic mass is 32.1. The number of amides is 1. The summed E-state index contributed by atoms with van der Waals surface area (Å²) in [5.41, 5.74) is 1.40. The average Bonchev–Trinajstić information content (AvgIpc) is 3.13. The van der Waals surface area contributed by atoms with Gasteiger partial charge in [-0.2, -0.15) is 0 Å². The van der Waals surface area contributed by atoms with Gasteiger partial charge in [0.15, 0.2) is 6.61 Å². The quantitative estimate of drug-likeness (QED) is 0.715. The van der Waals surface area contributed by atoms with Crippen LogP contribution in [-0.2, 0) is 19.1 Å². The summed E-state index contributed by atoms with van der Waals surface area (Å²) in [6.07, 6.45) is 1.11. The van der Waals surface area contributed by atoms with Crippen LogP contribution in [0.3, 0.4) is 0 Å². The number of hydrogen-bond acceptors (Lipinski definition) is 7. The Morgan fingerprint density at radius 2 is 1.86 bits per heavy atom. The predicted molar refractivity (Wildman–Crippen MR) is 104 cm³/mol. The van der Waals surface area contributed by atoms with Gasteiger partial charge in [0, 0.05) is 18.7 Å². The van der Waals surface area contributed by atoms with E-state index in [9.17, 15) is 14.4 Å². The topological polar surface area (TPSA) is 85.8 Å². The first-order valence-corrected chi connectivity index (χ1v) is 9.86.